The van der Waals surface area contributed by atoms with Crippen LogP contribution in [0.15, 0.2) is 42.5 Å². The summed E-state index contributed by atoms with van der Waals surface area (Å²) in [4.78, 5) is 12.0. The van der Waals surface area contributed by atoms with Gasteiger partial charge in [0.15, 0.2) is 6.61 Å². The number of carbonyl (C=O) groups is 1. The quantitative estimate of drug-likeness (QED) is 0.819. The van der Waals surface area contributed by atoms with Gasteiger partial charge in [-0.15, -0.1) is 0 Å². The molecule has 6 nitrogen and oxygen atoms in total. The number of rotatable bonds is 7. The van der Waals surface area contributed by atoms with E-state index >= 15 is 0 Å². The first-order valence-electron chi connectivity index (χ1n) is 7.00. The monoisotopic (exact) mass is 317 g/mol. The smallest absolute Gasteiger partial charge is 0.262 e. The van der Waals surface area contributed by atoms with Crippen LogP contribution >= 0.6 is 0 Å². The molecule has 6 heteroatoms. The molecule has 2 rings (SSSR count). The molecule has 0 fully saturated rings. The molecule has 0 aromatic heterocycles. The van der Waals surface area contributed by atoms with E-state index in [1.807, 2.05) is 0 Å². The fourth-order valence-corrected chi connectivity index (χ4v) is 1.92. The summed E-state index contributed by atoms with van der Waals surface area (Å²) in [6.45, 7) is -0.156. The lowest BCUT2D eigenvalue weighted by molar-refractivity contribution is -0.118. The molecule has 0 heterocycles. The first-order valence-corrected chi connectivity index (χ1v) is 7.00. The Morgan fingerprint density at radius 3 is 2.13 bits per heavy atom. The van der Waals surface area contributed by atoms with Crippen LogP contribution < -0.4 is 19.5 Å². The van der Waals surface area contributed by atoms with Crippen molar-refractivity contribution in [1.82, 2.24) is 0 Å². The van der Waals surface area contributed by atoms with Crippen LogP contribution in [0.5, 0.6) is 17.2 Å². The summed E-state index contributed by atoms with van der Waals surface area (Å²) in [5.41, 5.74) is 1.34. The molecule has 2 aromatic rings. The Hall–Kier alpha value is -2.73. The Morgan fingerprint density at radius 2 is 1.61 bits per heavy atom. The maximum atomic E-state index is 12.0. The molecular formula is C17H19NO5. The second kappa shape index (κ2) is 8.05. The van der Waals surface area contributed by atoms with E-state index in [2.05, 4.69) is 5.32 Å². The molecule has 2 aromatic carbocycles. The van der Waals surface area contributed by atoms with Gasteiger partial charge in [0.25, 0.3) is 5.91 Å². The van der Waals surface area contributed by atoms with Crippen LogP contribution in [0.3, 0.4) is 0 Å². The predicted molar refractivity (Wildman–Crippen MR) is 86.0 cm³/mol. The average Bonchev–Trinajstić information content (AvgIpc) is 2.60. The number of aliphatic hydroxyl groups excluding tert-OH is 1. The molecule has 0 aliphatic heterocycles. The van der Waals surface area contributed by atoms with Crippen molar-refractivity contribution in [3.05, 3.63) is 48.0 Å². The molecule has 23 heavy (non-hydrogen) atoms. The van der Waals surface area contributed by atoms with E-state index in [1.54, 1.807) is 56.7 Å². The summed E-state index contributed by atoms with van der Waals surface area (Å²) in [5, 5.41) is 11.7. The highest BCUT2D eigenvalue weighted by molar-refractivity contribution is 5.92. The van der Waals surface area contributed by atoms with E-state index in [0.29, 0.717) is 22.9 Å². The Labute approximate surface area is 134 Å². The van der Waals surface area contributed by atoms with Gasteiger partial charge < -0.3 is 24.6 Å². The Balaban J connectivity index is 1.93. The average molecular weight is 317 g/mol. The van der Waals surface area contributed by atoms with Gasteiger partial charge >= 0.3 is 0 Å². The maximum absolute atomic E-state index is 12.0. The molecule has 0 spiro atoms. The van der Waals surface area contributed by atoms with Gasteiger partial charge in [0, 0.05) is 23.9 Å². The van der Waals surface area contributed by atoms with Gasteiger partial charge in [-0.1, -0.05) is 12.1 Å². The third-order valence-electron chi connectivity index (χ3n) is 3.11. The van der Waals surface area contributed by atoms with Gasteiger partial charge in [0.2, 0.25) is 0 Å². The normalized spacial score (nSPS) is 10.0. The molecule has 0 aliphatic rings. The number of carbonyl (C=O) groups excluding carboxylic acids is 1. The highest BCUT2D eigenvalue weighted by atomic mass is 16.5. The van der Waals surface area contributed by atoms with Crippen molar-refractivity contribution in [2.75, 3.05) is 26.1 Å². The summed E-state index contributed by atoms with van der Waals surface area (Å²) in [7, 11) is 3.08. The number of nitrogens with one attached hydrogen (secondary N) is 1. The summed E-state index contributed by atoms with van der Waals surface area (Å²) >= 11 is 0. The van der Waals surface area contributed by atoms with Gasteiger partial charge in [-0.05, 0) is 17.7 Å². The minimum absolute atomic E-state index is 0.0293. The van der Waals surface area contributed by atoms with E-state index in [1.165, 1.54) is 0 Å². The zero-order valence-corrected chi connectivity index (χ0v) is 13.0. The van der Waals surface area contributed by atoms with E-state index < -0.39 is 0 Å². The minimum Gasteiger partial charge on any atom is -0.497 e. The molecule has 0 radical (unpaired) electrons. The van der Waals surface area contributed by atoms with Crippen molar-refractivity contribution in [3.63, 3.8) is 0 Å². The summed E-state index contributed by atoms with van der Waals surface area (Å²) in [5.74, 6) is 1.42. The Bertz CT molecular complexity index is 632. The second-order valence-corrected chi connectivity index (χ2v) is 4.74. The SMILES string of the molecule is COc1cc(NC(=O)COc2ccc(CO)cc2)cc(OC)c1. The van der Waals surface area contributed by atoms with Crippen molar-refractivity contribution in [2.45, 2.75) is 6.61 Å². The van der Waals surface area contributed by atoms with Crippen LogP contribution in [0.25, 0.3) is 0 Å². The van der Waals surface area contributed by atoms with Gasteiger partial charge in [0.1, 0.15) is 17.2 Å². The lowest BCUT2D eigenvalue weighted by Crippen LogP contribution is -2.20. The van der Waals surface area contributed by atoms with Crippen LogP contribution in [-0.2, 0) is 11.4 Å². The molecule has 0 unspecified atom stereocenters. The van der Waals surface area contributed by atoms with Crippen molar-refractivity contribution < 1.29 is 24.1 Å². The van der Waals surface area contributed by atoms with Gasteiger partial charge in [-0.25, -0.2) is 0 Å². The molecular weight excluding hydrogens is 298 g/mol. The molecule has 0 saturated carbocycles. The van der Waals surface area contributed by atoms with E-state index in [9.17, 15) is 4.79 Å². The minimum atomic E-state index is -0.299. The number of hydrogen-bond acceptors (Lipinski definition) is 5. The van der Waals surface area contributed by atoms with Crippen molar-refractivity contribution in [1.29, 1.82) is 0 Å². The van der Waals surface area contributed by atoms with Crippen LogP contribution in [0.1, 0.15) is 5.56 Å². The maximum Gasteiger partial charge on any atom is 0.262 e. The zero-order valence-electron chi connectivity index (χ0n) is 13.0. The predicted octanol–water partition coefficient (Wildman–Crippen LogP) is 2.21. The third-order valence-corrected chi connectivity index (χ3v) is 3.11. The van der Waals surface area contributed by atoms with E-state index in [4.69, 9.17) is 19.3 Å². The Morgan fingerprint density at radius 1 is 1.00 bits per heavy atom. The van der Waals surface area contributed by atoms with Crippen molar-refractivity contribution >= 4 is 11.6 Å². The van der Waals surface area contributed by atoms with Crippen LogP contribution in [0.2, 0.25) is 0 Å². The number of hydrogen-bond donors (Lipinski definition) is 2. The fourth-order valence-electron chi connectivity index (χ4n) is 1.92. The van der Waals surface area contributed by atoms with E-state index in [0.717, 1.165) is 5.56 Å². The molecule has 1 amide bonds. The molecule has 0 aliphatic carbocycles. The highest BCUT2D eigenvalue weighted by Gasteiger charge is 2.07. The van der Waals surface area contributed by atoms with Gasteiger partial charge in [0.05, 0.1) is 20.8 Å². The largest absolute Gasteiger partial charge is 0.497 e. The first-order chi connectivity index (χ1) is 11.1. The fraction of sp³-hybridized carbons (Fsp3) is 0.235. The summed E-state index contributed by atoms with van der Waals surface area (Å²) < 4.78 is 15.7. The van der Waals surface area contributed by atoms with Crippen LogP contribution in [0.4, 0.5) is 5.69 Å². The molecule has 2 N–H and O–H groups in total. The van der Waals surface area contributed by atoms with Crippen molar-refractivity contribution in [2.24, 2.45) is 0 Å². The number of benzene rings is 2. The summed E-state index contributed by atoms with van der Waals surface area (Å²) in [6.07, 6.45) is 0. The summed E-state index contributed by atoms with van der Waals surface area (Å²) in [6, 6.07) is 12.0. The number of ether oxygens (including phenoxy) is 3. The highest BCUT2D eigenvalue weighted by Crippen LogP contribution is 2.25. The lowest BCUT2D eigenvalue weighted by atomic mass is 10.2. The van der Waals surface area contributed by atoms with E-state index in [-0.39, 0.29) is 19.1 Å². The number of aliphatic hydroxyl groups is 1. The lowest BCUT2D eigenvalue weighted by Gasteiger charge is -2.10. The second-order valence-electron chi connectivity index (χ2n) is 4.74. The number of methoxy groups -OCH3 is 2. The van der Waals surface area contributed by atoms with Crippen LogP contribution in [-0.4, -0.2) is 31.8 Å². The van der Waals surface area contributed by atoms with Crippen molar-refractivity contribution in [3.8, 4) is 17.2 Å². The number of amides is 1. The topological polar surface area (TPSA) is 77.0 Å². The first kappa shape index (κ1) is 16.6. The zero-order chi connectivity index (χ0) is 16.7. The van der Waals surface area contributed by atoms with Crippen LogP contribution in [0, 0.1) is 0 Å². The van der Waals surface area contributed by atoms with Gasteiger partial charge in [-0.3, -0.25) is 4.79 Å². The standard InChI is InChI=1S/C17H19NO5/c1-21-15-7-13(8-16(9-15)22-2)18-17(20)11-23-14-5-3-12(10-19)4-6-14/h3-9,19H,10-11H2,1-2H3,(H,18,20). The molecule has 122 valence electrons. The molecule has 0 bridgehead atoms. The molecule has 0 atom stereocenters. The third kappa shape index (κ3) is 4.89. The number of anilines is 1. The van der Waals surface area contributed by atoms with Gasteiger partial charge in [-0.2, -0.15) is 0 Å². The molecule has 0 saturated heterocycles. The Kier molecular flexibility index (Phi) is 5.82.